The van der Waals surface area contributed by atoms with E-state index in [4.69, 9.17) is 0 Å². The molecule has 17 heavy (non-hydrogen) atoms. The van der Waals surface area contributed by atoms with E-state index in [0.717, 1.165) is 12.0 Å². The van der Waals surface area contributed by atoms with Gasteiger partial charge in [0.25, 0.3) is 0 Å². The van der Waals surface area contributed by atoms with E-state index < -0.39 is 0 Å². The summed E-state index contributed by atoms with van der Waals surface area (Å²) in [6.07, 6.45) is 15.8. The molecule has 1 aliphatic carbocycles. The van der Waals surface area contributed by atoms with Crippen LogP contribution in [0.2, 0.25) is 0 Å². The molecule has 0 spiro atoms. The molecular formula is C16H33N. The van der Waals surface area contributed by atoms with Gasteiger partial charge in [-0.3, -0.25) is 0 Å². The van der Waals surface area contributed by atoms with Crippen LogP contribution in [-0.4, -0.2) is 12.6 Å². The largest absolute Gasteiger partial charge is 0.314 e. The Hall–Kier alpha value is -0.0400. The summed E-state index contributed by atoms with van der Waals surface area (Å²) >= 11 is 0. The normalized spacial score (nSPS) is 18.5. The van der Waals surface area contributed by atoms with Gasteiger partial charge in [0.15, 0.2) is 0 Å². The molecule has 0 aliphatic heterocycles. The molecule has 1 heteroatoms. The van der Waals surface area contributed by atoms with E-state index >= 15 is 0 Å². The molecule has 1 saturated carbocycles. The summed E-state index contributed by atoms with van der Waals surface area (Å²) in [5.74, 6) is 0.888. The number of hydrogen-bond acceptors (Lipinski definition) is 1. The highest BCUT2D eigenvalue weighted by Gasteiger charge is 2.10. The third-order valence-electron chi connectivity index (χ3n) is 4.00. The minimum absolute atomic E-state index is 0.841. The average molecular weight is 239 g/mol. The summed E-state index contributed by atoms with van der Waals surface area (Å²) in [4.78, 5) is 0. The van der Waals surface area contributed by atoms with Gasteiger partial charge in [0, 0.05) is 6.04 Å². The van der Waals surface area contributed by atoms with Crippen molar-refractivity contribution in [1.29, 1.82) is 0 Å². The lowest BCUT2D eigenvalue weighted by molar-refractivity contribution is 0.444. The first-order chi connectivity index (χ1) is 8.29. The van der Waals surface area contributed by atoms with Gasteiger partial charge in [0.05, 0.1) is 0 Å². The second-order valence-corrected chi connectivity index (χ2v) is 6.24. The summed E-state index contributed by atoms with van der Waals surface area (Å²) in [5, 5.41) is 3.76. The zero-order valence-corrected chi connectivity index (χ0v) is 12.1. The zero-order chi connectivity index (χ0) is 12.3. The average Bonchev–Trinajstić information content (AvgIpc) is 2.56. The maximum Gasteiger partial charge on any atom is 0.00670 e. The lowest BCUT2D eigenvalue weighted by atomic mass is 10.0. The number of hydrogen-bond donors (Lipinski definition) is 1. The summed E-state index contributed by atoms with van der Waals surface area (Å²) in [7, 11) is 0. The first-order valence-corrected chi connectivity index (χ1v) is 8.02. The van der Waals surface area contributed by atoms with Gasteiger partial charge in [0.1, 0.15) is 0 Å². The SMILES string of the molecule is CC(C)CCCCCCNC1CCCCCC1. The molecule has 0 atom stereocenters. The summed E-state index contributed by atoms with van der Waals surface area (Å²) < 4.78 is 0. The molecule has 0 aromatic rings. The monoisotopic (exact) mass is 239 g/mol. The Morgan fingerprint density at radius 1 is 0.882 bits per heavy atom. The number of unbranched alkanes of at least 4 members (excludes halogenated alkanes) is 3. The van der Waals surface area contributed by atoms with E-state index in [0.29, 0.717) is 0 Å². The van der Waals surface area contributed by atoms with Crippen LogP contribution in [0.1, 0.15) is 84.5 Å². The zero-order valence-electron chi connectivity index (χ0n) is 12.1. The van der Waals surface area contributed by atoms with Crippen LogP contribution < -0.4 is 5.32 Å². The Morgan fingerprint density at radius 3 is 2.18 bits per heavy atom. The second kappa shape index (κ2) is 9.94. The van der Waals surface area contributed by atoms with E-state index in [1.807, 2.05) is 0 Å². The van der Waals surface area contributed by atoms with Gasteiger partial charge in [-0.25, -0.2) is 0 Å². The van der Waals surface area contributed by atoms with Crippen molar-refractivity contribution in [3.05, 3.63) is 0 Å². The van der Waals surface area contributed by atoms with Gasteiger partial charge in [-0.05, 0) is 31.7 Å². The van der Waals surface area contributed by atoms with E-state index in [1.165, 1.54) is 77.2 Å². The molecule has 1 nitrogen and oxygen atoms in total. The topological polar surface area (TPSA) is 12.0 Å². The number of nitrogens with one attached hydrogen (secondary N) is 1. The first-order valence-electron chi connectivity index (χ1n) is 8.02. The molecule has 1 fully saturated rings. The highest BCUT2D eigenvalue weighted by atomic mass is 14.9. The van der Waals surface area contributed by atoms with Crippen molar-refractivity contribution in [2.24, 2.45) is 5.92 Å². The fourth-order valence-electron chi connectivity index (χ4n) is 2.82. The maximum absolute atomic E-state index is 3.76. The van der Waals surface area contributed by atoms with Gasteiger partial charge in [-0.2, -0.15) is 0 Å². The lowest BCUT2D eigenvalue weighted by Crippen LogP contribution is -2.29. The van der Waals surface area contributed by atoms with Crippen LogP contribution in [0.4, 0.5) is 0 Å². The van der Waals surface area contributed by atoms with Crippen LogP contribution in [0.3, 0.4) is 0 Å². The molecule has 1 rings (SSSR count). The Labute approximate surface area is 109 Å². The van der Waals surface area contributed by atoms with Crippen LogP contribution in [-0.2, 0) is 0 Å². The predicted molar refractivity (Wildman–Crippen MR) is 77.4 cm³/mol. The highest BCUT2D eigenvalue weighted by molar-refractivity contribution is 4.70. The summed E-state index contributed by atoms with van der Waals surface area (Å²) in [6, 6.07) is 0.841. The van der Waals surface area contributed by atoms with Crippen molar-refractivity contribution in [3.8, 4) is 0 Å². The second-order valence-electron chi connectivity index (χ2n) is 6.24. The van der Waals surface area contributed by atoms with E-state index in [9.17, 15) is 0 Å². The molecule has 0 radical (unpaired) electrons. The molecule has 0 aromatic heterocycles. The molecule has 0 heterocycles. The molecule has 1 N–H and O–H groups in total. The van der Waals surface area contributed by atoms with Crippen LogP contribution >= 0.6 is 0 Å². The molecule has 0 unspecified atom stereocenters. The molecule has 1 aliphatic rings. The van der Waals surface area contributed by atoms with Crippen molar-refractivity contribution >= 4 is 0 Å². The molecule has 0 amide bonds. The van der Waals surface area contributed by atoms with Crippen molar-refractivity contribution < 1.29 is 0 Å². The van der Waals surface area contributed by atoms with E-state index in [2.05, 4.69) is 19.2 Å². The van der Waals surface area contributed by atoms with E-state index in [-0.39, 0.29) is 0 Å². The quantitative estimate of drug-likeness (QED) is 0.469. The lowest BCUT2D eigenvalue weighted by Gasteiger charge is -2.15. The van der Waals surface area contributed by atoms with Gasteiger partial charge < -0.3 is 5.32 Å². The van der Waals surface area contributed by atoms with Crippen molar-refractivity contribution in [3.63, 3.8) is 0 Å². The standard InChI is InChI=1S/C16H33N/c1-15(2)11-7-5-6-10-14-17-16-12-8-3-4-9-13-16/h15-17H,3-14H2,1-2H3. The van der Waals surface area contributed by atoms with Gasteiger partial charge in [-0.15, -0.1) is 0 Å². The molecular weight excluding hydrogens is 206 g/mol. The van der Waals surface area contributed by atoms with Crippen LogP contribution in [0.5, 0.6) is 0 Å². The van der Waals surface area contributed by atoms with Gasteiger partial charge in [0.2, 0.25) is 0 Å². The fourth-order valence-corrected chi connectivity index (χ4v) is 2.82. The molecule has 0 saturated heterocycles. The van der Waals surface area contributed by atoms with E-state index in [1.54, 1.807) is 0 Å². The van der Waals surface area contributed by atoms with Crippen LogP contribution in [0, 0.1) is 5.92 Å². The smallest absolute Gasteiger partial charge is 0.00670 e. The number of rotatable bonds is 8. The van der Waals surface area contributed by atoms with Crippen molar-refractivity contribution in [1.82, 2.24) is 5.32 Å². The third-order valence-corrected chi connectivity index (χ3v) is 4.00. The van der Waals surface area contributed by atoms with Crippen molar-refractivity contribution in [2.75, 3.05) is 6.54 Å². The first kappa shape index (κ1) is 15.0. The van der Waals surface area contributed by atoms with Gasteiger partial charge >= 0.3 is 0 Å². The Morgan fingerprint density at radius 2 is 1.53 bits per heavy atom. The summed E-state index contributed by atoms with van der Waals surface area (Å²) in [6.45, 7) is 5.91. The molecule has 102 valence electrons. The Kier molecular flexibility index (Phi) is 8.78. The minimum atomic E-state index is 0.841. The molecule has 0 aromatic carbocycles. The minimum Gasteiger partial charge on any atom is -0.314 e. The van der Waals surface area contributed by atoms with Crippen molar-refractivity contribution in [2.45, 2.75) is 90.5 Å². The fraction of sp³-hybridized carbons (Fsp3) is 1.00. The highest BCUT2D eigenvalue weighted by Crippen LogP contribution is 2.17. The third kappa shape index (κ3) is 8.65. The van der Waals surface area contributed by atoms with Crippen LogP contribution in [0.15, 0.2) is 0 Å². The Bertz CT molecular complexity index is 157. The predicted octanol–water partition coefficient (Wildman–Crippen LogP) is 4.91. The summed E-state index contributed by atoms with van der Waals surface area (Å²) in [5.41, 5.74) is 0. The van der Waals surface area contributed by atoms with Crippen LogP contribution in [0.25, 0.3) is 0 Å². The molecule has 0 bridgehead atoms. The Balaban J connectivity index is 1.86. The van der Waals surface area contributed by atoms with Gasteiger partial charge in [-0.1, -0.05) is 65.2 Å². The maximum atomic E-state index is 3.76.